The Kier molecular flexibility index (Phi) is 5.81. The monoisotopic (exact) mass is 362 g/mol. The molecule has 2 fully saturated rings. The Bertz CT molecular complexity index is 581. The van der Waals surface area contributed by atoms with E-state index in [0.717, 1.165) is 38.3 Å². The molecule has 2 saturated heterocycles. The molecule has 0 bridgehead atoms. The first kappa shape index (κ1) is 19.1. The van der Waals surface area contributed by atoms with Gasteiger partial charge in [0.2, 0.25) is 5.91 Å². The van der Waals surface area contributed by atoms with Crippen LogP contribution in [0.5, 0.6) is 0 Å². The van der Waals surface area contributed by atoms with E-state index in [1.165, 1.54) is 6.07 Å². The van der Waals surface area contributed by atoms with Gasteiger partial charge in [0.25, 0.3) is 0 Å². The molecule has 7 heteroatoms. The molecule has 1 amide bonds. The van der Waals surface area contributed by atoms with Gasteiger partial charge in [0, 0.05) is 32.1 Å². The van der Waals surface area contributed by atoms with Crippen molar-refractivity contribution in [1.29, 1.82) is 0 Å². The van der Waals surface area contributed by atoms with E-state index >= 15 is 0 Å². The van der Waals surface area contributed by atoms with Crippen molar-refractivity contribution in [2.24, 2.45) is 17.8 Å². The molecule has 3 rings (SSSR count). The van der Waals surface area contributed by atoms with Crippen LogP contribution in [0, 0.1) is 17.8 Å². The van der Waals surface area contributed by atoms with Gasteiger partial charge in [0.15, 0.2) is 0 Å². The first-order valence-electron chi connectivity index (χ1n) is 8.00. The Labute approximate surface area is 146 Å². The first-order valence-corrected chi connectivity index (χ1v) is 8.00. The van der Waals surface area contributed by atoms with Gasteiger partial charge in [-0.15, -0.1) is 12.4 Å². The second-order valence-corrected chi connectivity index (χ2v) is 6.72. The predicted molar refractivity (Wildman–Crippen MR) is 88.0 cm³/mol. The molecule has 134 valence electrons. The lowest BCUT2D eigenvalue weighted by Gasteiger charge is -2.22. The van der Waals surface area contributed by atoms with Crippen LogP contribution in [-0.4, -0.2) is 37.0 Å². The van der Waals surface area contributed by atoms with Crippen molar-refractivity contribution >= 4 is 18.3 Å². The second kappa shape index (κ2) is 7.31. The minimum Gasteiger partial charge on any atom is -0.342 e. The van der Waals surface area contributed by atoms with E-state index in [2.05, 4.69) is 5.32 Å². The molecule has 1 N–H and O–H groups in total. The van der Waals surface area contributed by atoms with E-state index in [-0.39, 0.29) is 24.2 Å². The minimum absolute atomic E-state index is 0. The van der Waals surface area contributed by atoms with E-state index in [1.54, 1.807) is 13.0 Å². The number of carbonyl (C=O) groups is 1. The van der Waals surface area contributed by atoms with Crippen LogP contribution in [0.2, 0.25) is 0 Å². The molecule has 1 aromatic rings. The Morgan fingerprint density at radius 2 is 1.92 bits per heavy atom. The van der Waals surface area contributed by atoms with Gasteiger partial charge < -0.3 is 10.2 Å². The van der Waals surface area contributed by atoms with E-state index in [4.69, 9.17) is 0 Å². The van der Waals surface area contributed by atoms with E-state index in [1.807, 2.05) is 4.90 Å². The van der Waals surface area contributed by atoms with Gasteiger partial charge in [-0.2, -0.15) is 13.2 Å². The van der Waals surface area contributed by atoms with Gasteiger partial charge in [-0.3, -0.25) is 4.79 Å². The lowest BCUT2D eigenvalue weighted by Crippen LogP contribution is -2.36. The summed E-state index contributed by atoms with van der Waals surface area (Å²) in [6, 6.07) is 5.26. The van der Waals surface area contributed by atoms with Crippen LogP contribution in [0.15, 0.2) is 24.3 Å². The van der Waals surface area contributed by atoms with Gasteiger partial charge in [-0.1, -0.05) is 25.1 Å². The largest absolute Gasteiger partial charge is 0.416 e. The Balaban J connectivity index is 0.00000208. The molecule has 2 aliphatic rings. The fourth-order valence-electron chi connectivity index (χ4n) is 3.66. The maximum Gasteiger partial charge on any atom is 0.416 e. The molecule has 2 heterocycles. The molecule has 0 spiro atoms. The molecule has 3 nitrogen and oxygen atoms in total. The zero-order chi connectivity index (χ0) is 16.6. The van der Waals surface area contributed by atoms with Crippen LogP contribution in [0.1, 0.15) is 18.1 Å². The highest BCUT2D eigenvalue weighted by Gasteiger charge is 2.39. The van der Waals surface area contributed by atoms with Crippen molar-refractivity contribution < 1.29 is 18.0 Å². The van der Waals surface area contributed by atoms with Crippen LogP contribution >= 0.6 is 12.4 Å². The molecular weight excluding hydrogens is 341 g/mol. The zero-order valence-electron chi connectivity index (χ0n) is 13.5. The fourth-order valence-corrected chi connectivity index (χ4v) is 3.66. The lowest BCUT2D eigenvalue weighted by molar-refractivity contribution is -0.137. The molecule has 0 aliphatic carbocycles. The minimum atomic E-state index is -4.34. The Morgan fingerprint density at radius 3 is 2.50 bits per heavy atom. The summed E-state index contributed by atoms with van der Waals surface area (Å²) in [6.07, 6.45) is -4.00. The van der Waals surface area contributed by atoms with E-state index in [0.29, 0.717) is 23.8 Å². The molecule has 1 unspecified atom stereocenters. The first-order chi connectivity index (χ1) is 10.8. The van der Waals surface area contributed by atoms with Gasteiger partial charge in [0.1, 0.15) is 0 Å². The van der Waals surface area contributed by atoms with Gasteiger partial charge in [0.05, 0.1) is 5.56 Å². The summed E-state index contributed by atoms with van der Waals surface area (Å²) in [6.45, 7) is 5.24. The smallest absolute Gasteiger partial charge is 0.342 e. The average molecular weight is 363 g/mol. The van der Waals surface area contributed by atoms with Crippen LogP contribution in [0.3, 0.4) is 0 Å². The van der Waals surface area contributed by atoms with E-state index < -0.39 is 11.7 Å². The number of fused-ring (bicyclic) bond motifs is 1. The maximum atomic E-state index is 12.8. The lowest BCUT2D eigenvalue weighted by atomic mass is 9.98. The van der Waals surface area contributed by atoms with Crippen LogP contribution in [0.25, 0.3) is 0 Å². The number of amides is 1. The zero-order valence-corrected chi connectivity index (χ0v) is 14.3. The van der Waals surface area contributed by atoms with Crippen molar-refractivity contribution in [3.8, 4) is 0 Å². The molecular formula is C17H22ClF3N2O. The standard InChI is InChI=1S/C17H21F3N2O.ClH/c1-11(5-12-3-2-4-15(6-12)17(18,19)20)16(23)22-9-13-7-21-8-14(13)10-22;/h2-4,6,11,13-14,21H,5,7-10H2,1H3;1H/t11?,13-,14+;. The van der Waals surface area contributed by atoms with Crippen LogP contribution in [-0.2, 0) is 17.4 Å². The molecule has 3 atom stereocenters. The number of benzene rings is 1. The summed E-state index contributed by atoms with van der Waals surface area (Å²) >= 11 is 0. The van der Waals surface area contributed by atoms with Crippen molar-refractivity contribution in [1.82, 2.24) is 10.2 Å². The highest BCUT2D eigenvalue weighted by molar-refractivity contribution is 5.85. The summed E-state index contributed by atoms with van der Waals surface area (Å²) in [5, 5.41) is 3.33. The molecule has 1 aromatic carbocycles. The van der Waals surface area contributed by atoms with Crippen molar-refractivity contribution in [3.63, 3.8) is 0 Å². The quantitative estimate of drug-likeness (QED) is 0.896. The van der Waals surface area contributed by atoms with E-state index in [9.17, 15) is 18.0 Å². The summed E-state index contributed by atoms with van der Waals surface area (Å²) in [7, 11) is 0. The normalized spacial score (nSPS) is 24.4. The van der Waals surface area contributed by atoms with Gasteiger partial charge >= 0.3 is 6.18 Å². The van der Waals surface area contributed by atoms with Crippen LogP contribution < -0.4 is 5.32 Å². The number of nitrogens with one attached hydrogen (secondary N) is 1. The van der Waals surface area contributed by atoms with Gasteiger partial charge in [-0.05, 0) is 29.9 Å². The summed E-state index contributed by atoms with van der Waals surface area (Å²) in [5.74, 6) is 0.807. The molecule has 0 radical (unpaired) electrons. The number of rotatable bonds is 3. The van der Waals surface area contributed by atoms with Crippen LogP contribution in [0.4, 0.5) is 13.2 Å². The number of likely N-dealkylation sites (tertiary alicyclic amines) is 1. The third-order valence-electron chi connectivity index (χ3n) is 4.92. The van der Waals surface area contributed by atoms with Crippen molar-refractivity contribution in [3.05, 3.63) is 35.4 Å². The third kappa shape index (κ3) is 4.03. The average Bonchev–Trinajstić information content (AvgIpc) is 3.07. The molecule has 0 aromatic heterocycles. The SMILES string of the molecule is CC(Cc1cccc(C(F)(F)F)c1)C(=O)N1C[C@H]2CNC[C@H]2C1.Cl. The topological polar surface area (TPSA) is 32.3 Å². The maximum absolute atomic E-state index is 12.8. The van der Waals surface area contributed by atoms with Gasteiger partial charge in [-0.25, -0.2) is 0 Å². The number of nitrogens with zero attached hydrogens (tertiary/aromatic N) is 1. The highest BCUT2D eigenvalue weighted by Crippen LogP contribution is 2.31. The molecule has 2 aliphatic heterocycles. The summed E-state index contributed by atoms with van der Waals surface area (Å²) in [5.41, 5.74) is -0.0989. The number of alkyl halides is 3. The molecule has 0 saturated carbocycles. The summed E-state index contributed by atoms with van der Waals surface area (Å²) in [4.78, 5) is 14.4. The Morgan fingerprint density at radius 1 is 1.29 bits per heavy atom. The third-order valence-corrected chi connectivity index (χ3v) is 4.92. The number of hydrogen-bond acceptors (Lipinski definition) is 2. The predicted octanol–water partition coefficient (Wildman–Crippen LogP) is 2.98. The number of hydrogen-bond donors (Lipinski definition) is 1. The Hall–Kier alpha value is -1.27. The molecule has 24 heavy (non-hydrogen) atoms. The number of halogens is 4. The van der Waals surface area contributed by atoms with Crippen molar-refractivity contribution in [2.75, 3.05) is 26.2 Å². The summed E-state index contributed by atoms with van der Waals surface area (Å²) < 4.78 is 38.3. The van der Waals surface area contributed by atoms with Crippen molar-refractivity contribution in [2.45, 2.75) is 19.5 Å². The fraction of sp³-hybridized carbons (Fsp3) is 0.588. The highest BCUT2D eigenvalue weighted by atomic mass is 35.5. The second-order valence-electron chi connectivity index (χ2n) is 6.72. The number of carbonyl (C=O) groups excluding carboxylic acids is 1.